The van der Waals surface area contributed by atoms with Gasteiger partial charge in [0.15, 0.2) is 0 Å². The number of likely N-dealkylation sites (N-methyl/N-ethyl adjacent to an activating group) is 1. The van der Waals surface area contributed by atoms with Crippen LogP contribution in [0.4, 0.5) is 10.5 Å². The molecule has 0 radical (unpaired) electrons. The maximum atomic E-state index is 12.0. The van der Waals surface area contributed by atoms with Gasteiger partial charge in [0.25, 0.3) is 5.54 Å². The highest BCUT2D eigenvalue weighted by Crippen LogP contribution is 2.49. The standard InChI is InChI=1S/C17H19N3O3/c1-12(21)19(3)10-15-11-20(16(22)23-15)14-6-4-13(5-7-14)17(18-2)8-9-17/h4-7,15H,8-11H2,1,3H3. The van der Waals surface area contributed by atoms with Crippen molar-refractivity contribution in [2.45, 2.75) is 31.4 Å². The Balaban J connectivity index is 1.69. The lowest BCUT2D eigenvalue weighted by Crippen LogP contribution is -2.35. The van der Waals surface area contributed by atoms with Crippen LogP contribution < -0.4 is 4.90 Å². The third-order valence-electron chi connectivity index (χ3n) is 4.54. The topological polar surface area (TPSA) is 54.2 Å². The summed E-state index contributed by atoms with van der Waals surface area (Å²) in [6, 6.07) is 7.56. The zero-order valence-corrected chi connectivity index (χ0v) is 13.3. The number of nitrogens with zero attached hydrogens (tertiary/aromatic N) is 3. The summed E-state index contributed by atoms with van der Waals surface area (Å²) in [5.41, 5.74) is 1.43. The molecule has 6 heteroatoms. The van der Waals surface area contributed by atoms with E-state index in [2.05, 4.69) is 4.85 Å². The van der Waals surface area contributed by atoms with Crippen LogP contribution in [0.25, 0.3) is 4.85 Å². The molecule has 1 aromatic carbocycles. The first-order valence-corrected chi connectivity index (χ1v) is 7.64. The normalized spacial score (nSPS) is 21.5. The summed E-state index contributed by atoms with van der Waals surface area (Å²) in [6.07, 6.45) is 1.09. The second-order valence-electron chi connectivity index (χ2n) is 6.21. The first-order valence-electron chi connectivity index (χ1n) is 7.64. The summed E-state index contributed by atoms with van der Waals surface area (Å²) < 4.78 is 5.32. The molecule has 2 fully saturated rings. The molecule has 1 saturated heterocycles. The predicted molar refractivity (Wildman–Crippen MR) is 84.9 cm³/mol. The van der Waals surface area contributed by atoms with E-state index in [0.29, 0.717) is 13.1 Å². The van der Waals surface area contributed by atoms with Gasteiger partial charge in [-0.3, -0.25) is 9.69 Å². The van der Waals surface area contributed by atoms with Crippen LogP contribution in [0.15, 0.2) is 24.3 Å². The fourth-order valence-electron chi connectivity index (χ4n) is 2.80. The van der Waals surface area contributed by atoms with Crippen LogP contribution in [0.5, 0.6) is 0 Å². The molecule has 3 rings (SSSR count). The van der Waals surface area contributed by atoms with Crippen LogP contribution in [-0.4, -0.2) is 43.1 Å². The number of ether oxygens (including phenoxy) is 1. The first-order chi connectivity index (χ1) is 10.9. The Hall–Kier alpha value is -2.55. The van der Waals surface area contributed by atoms with Crippen molar-refractivity contribution in [3.63, 3.8) is 0 Å². The Kier molecular flexibility index (Phi) is 3.72. The SMILES string of the molecule is [C-]#[N+]C1(c2ccc(N3CC(CN(C)C(C)=O)OC3=O)cc2)CC1. The Labute approximate surface area is 135 Å². The number of carbonyl (C=O) groups is 2. The maximum Gasteiger partial charge on any atom is 0.414 e. The summed E-state index contributed by atoms with van der Waals surface area (Å²) in [7, 11) is 1.69. The lowest BCUT2D eigenvalue weighted by atomic mass is 10.1. The van der Waals surface area contributed by atoms with E-state index >= 15 is 0 Å². The minimum atomic E-state index is -0.397. The number of hydrogen-bond acceptors (Lipinski definition) is 3. The monoisotopic (exact) mass is 313 g/mol. The summed E-state index contributed by atoms with van der Waals surface area (Å²) in [6.45, 7) is 9.58. The van der Waals surface area contributed by atoms with Gasteiger partial charge in [-0.25, -0.2) is 11.4 Å². The van der Waals surface area contributed by atoms with E-state index in [-0.39, 0.29) is 17.6 Å². The number of hydrogen-bond donors (Lipinski definition) is 0. The van der Waals surface area contributed by atoms with Crippen LogP contribution in [0, 0.1) is 6.57 Å². The molecule has 1 aromatic rings. The summed E-state index contributed by atoms with van der Waals surface area (Å²) in [5.74, 6) is -0.0577. The Bertz CT molecular complexity index is 673. The molecule has 1 aliphatic heterocycles. The van der Waals surface area contributed by atoms with Crippen molar-refractivity contribution in [2.75, 3.05) is 25.0 Å². The molecular formula is C17H19N3O3. The van der Waals surface area contributed by atoms with E-state index in [1.165, 1.54) is 11.8 Å². The van der Waals surface area contributed by atoms with E-state index in [1.807, 2.05) is 24.3 Å². The van der Waals surface area contributed by atoms with Crippen molar-refractivity contribution < 1.29 is 14.3 Å². The molecule has 1 atom stereocenters. The molecule has 1 heterocycles. The van der Waals surface area contributed by atoms with Gasteiger partial charge in [-0.1, -0.05) is 0 Å². The minimum Gasteiger partial charge on any atom is -0.442 e. The van der Waals surface area contributed by atoms with E-state index in [4.69, 9.17) is 11.3 Å². The Morgan fingerprint density at radius 1 is 1.43 bits per heavy atom. The third-order valence-corrected chi connectivity index (χ3v) is 4.54. The molecule has 0 spiro atoms. The van der Waals surface area contributed by atoms with Crippen LogP contribution >= 0.6 is 0 Å². The third kappa shape index (κ3) is 2.87. The van der Waals surface area contributed by atoms with E-state index in [1.54, 1.807) is 11.9 Å². The zero-order valence-electron chi connectivity index (χ0n) is 13.3. The number of amides is 2. The van der Waals surface area contributed by atoms with Crippen LogP contribution in [0.2, 0.25) is 0 Å². The highest BCUT2D eigenvalue weighted by atomic mass is 16.6. The molecule has 0 aromatic heterocycles. The average molecular weight is 313 g/mol. The second-order valence-corrected chi connectivity index (χ2v) is 6.21. The molecule has 0 N–H and O–H groups in total. The molecular weight excluding hydrogens is 294 g/mol. The molecule has 1 saturated carbocycles. The number of anilines is 1. The fraction of sp³-hybridized carbons (Fsp3) is 0.471. The molecule has 2 amide bonds. The van der Waals surface area contributed by atoms with E-state index < -0.39 is 6.09 Å². The second kappa shape index (κ2) is 5.58. The number of benzene rings is 1. The molecule has 2 aliphatic rings. The summed E-state index contributed by atoms with van der Waals surface area (Å²) in [4.78, 5) is 30.1. The first kappa shape index (κ1) is 15.3. The van der Waals surface area contributed by atoms with Crippen molar-refractivity contribution >= 4 is 17.7 Å². The molecule has 1 aliphatic carbocycles. The van der Waals surface area contributed by atoms with Crippen LogP contribution in [0.1, 0.15) is 25.3 Å². The van der Waals surface area contributed by atoms with Gasteiger partial charge in [0.2, 0.25) is 5.91 Å². The largest absolute Gasteiger partial charge is 0.442 e. The van der Waals surface area contributed by atoms with Gasteiger partial charge in [0, 0.05) is 38.1 Å². The number of carbonyl (C=O) groups excluding carboxylic acids is 2. The molecule has 23 heavy (non-hydrogen) atoms. The highest BCUT2D eigenvalue weighted by molar-refractivity contribution is 5.89. The van der Waals surface area contributed by atoms with Gasteiger partial charge in [-0.05, 0) is 24.3 Å². The smallest absolute Gasteiger partial charge is 0.414 e. The summed E-state index contributed by atoms with van der Waals surface area (Å²) in [5, 5.41) is 0. The van der Waals surface area contributed by atoms with Gasteiger partial charge < -0.3 is 14.5 Å². The van der Waals surface area contributed by atoms with Crippen molar-refractivity contribution in [3.05, 3.63) is 41.2 Å². The lowest BCUT2D eigenvalue weighted by Gasteiger charge is -2.18. The van der Waals surface area contributed by atoms with Gasteiger partial charge in [-0.15, -0.1) is 0 Å². The van der Waals surface area contributed by atoms with Crippen molar-refractivity contribution in [1.82, 2.24) is 4.90 Å². The van der Waals surface area contributed by atoms with Crippen molar-refractivity contribution in [2.24, 2.45) is 0 Å². The Morgan fingerprint density at radius 2 is 2.09 bits per heavy atom. The van der Waals surface area contributed by atoms with Gasteiger partial charge in [-0.2, -0.15) is 0 Å². The molecule has 120 valence electrons. The lowest BCUT2D eigenvalue weighted by molar-refractivity contribution is -0.128. The van der Waals surface area contributed by atoms with Crippen molar-refractivity contribution in [1.29, 1.82) is 0 Å². The molecule has 0 bridgehead atoms. The van der Waals surface area contributed by atoms with Gasteiger partial charge in [0.1, 0.15) is 6.10 Å². The molecule has 6 nitrogen and oxygen atoms in total. The van der Waals surface area contributed by atoms with E-state index in [0.717, 1.165) is 24.1 Å². The average Bonchev–Trinajstić information content (AvgIpc) is 3.26. The molecule has 1 unspecified atom stereocenters. The quantitative estimate of drug-likeness (QED) is 0.802. The van der Waals surface area contributed by atoms with E-state index in [9.17, 15) is 9.59 Å². The van der Waals surface area contributed by atoms with Gasteiger partial charge in [0.05, 0.1) is 13.1 Å². The maximum absolute atomic E-state index is 12.0. The summed E-state index contributed by atoms with van der Waals surface area (Å²) >= 11 is 0. The Morgan fingerprint density at radius 3 is 2.61 bits per heavy atom. The predicted octanol–water partition coefficient (Wildman–Crippen LogP) is 2.40. The minimum absolute atomic E-state index is 0.0577. The van der Waals surface area contributed by atoms with Crippen LogP contribution in [0.3, 0.4) is 0 Å². The number of cyclic esters (lactones) is 1. The highest BCUT2D eigenvalue weighted by Gasteiger charge is 2.52. The van der Waals surface area contributed by atoms with Crippen molar-refractivity contribution in [3.8, 4) is 0 Å². The zero-order chi connectivity index (χ0) is 16.6. The number of rotatable bonds is 4. The fourth-order valence-corrected chi connectivity index (χ4v) is 2.80. The van der Waals surface area contributed by atoms with Gasteiger partial charge >= 0.3 is 6.09 Å². The van der Waals surface area contributed by atoms with Crippen LogP contribution in [-0.2, 0) is 15.1 Å².